The molecule has 12 heteroatoms. The molecular formula is C28H28Br2N4O6. The Hall–Kier alpha value is -3.90. The van der Waals surface area contributed by atoms with Crippen molar-refractivity contribution in [1.29, 1.82) is 0 Å². The van der Waals surface area contributed by atoms with Crippen molar-refractivity contribution in [3.63, 3.8) is 0 Å². The van der Waals surface area contributed by atoms with Crippen LogP contribution in [0.2, 0.25) is 0 Å². The average Bonchev–Trinajstić information content (AvgIpc) is 2.97. The number of halogens is 2. The highest BCUT2D eigenvalue weighted by atomic mass is 79.9. The van der Waals surface area contributed by atoms with Crippen LogP contribution < -0.4 is 39.9 Å². The van der Waals surface area contributed by atoms with Crippen LogP contribution >= 0.6 is 31.9 Å². The van der Waals surface area contributed by atoms with Gasteiger partial charge in [-0.05, 0) is 68.3 Å². The van der Waals surface area contributed by atoms with Crippen molar-refractivity contribution in [1.82, 2.24) is 9.97 Å². The summed E-state index contributed by atoms with van der Waals surface area (Å²) in [5.74, 6) is 4.07. The number of fused-ring (bicyclic) bond motifs is 2. The third kappa shape index (κ3) is 7.60. The molecule has 4 heterocycles. The Labute approximate surface area is 248 Å². The molecule has 0 aliphatic carbocycles. The third-order valence-corrected chi connectivity index (χ3v) is 6.43. The molecule has 40 heavy (non-hydrogen) atoms. The number of para-hydroxylation sites is 2. The number of aromatic nitrogens is 2. The zero-order chi connectivity index (χ0) is 28.5. The van der Waals surface area contributed by atoms with Gasteiger partial charge in [0.25, 0.3) is 0 Å². The Morgan fingerprint density at radius 2 is 1.23 bits per heavy atom. The van der Waals surface area contributed by atoms with Crippen LogP contribution in [0.15, 0.2) is 69.7 Å². The van der Waals surface area contributed by atoms with E-state index < -0.39 is 0 Å². The van der Waals surface area contributed by atoms with E-state index in [2.05, 4.69) is 41.8 Å². The Kier molecular flexibility index (Phi) is 10.1. The molecule has 4 aromatic rings. The van der Waals surface area contributed by atoms with E-state index >= 15 is 0 Å². The Morgan fingerprint density at radius 1 is 0.675 bits per heavy atom. The number of hydrogen-bond donors (Lipinski definition) is 2. The molecular weight excluding hydrogens is 648 g/mol. The van der Waals surface area contributed by atoms with Crippen molar-refractivity contribution in [2.75, 3.05) is 52.1 Å². The number of ether oxygens (including phenoxy) is 6. The van der Waals surface area contributed by atoms with Gasteiger partial charge in [0.1, 0.15) is 31.0 Å². The zero-order valence-corrected chi connectivity index (χ0v) is 25.0. The molecule has 0 saturated heterocycles. The summed E-state index contributed by atoms with van der Waals surface area (Å²) in [5.41, 5.74) is 14.1. The average molecular weight is 676 g/mol. The van der Waals surface area contributed by atoms with Gasteiger partial charge in [0.2, 0.25) is 11.8 Å². The van der Waals surface area contributed by atoms with Gasteiger partial charge in [-0.3, -0.25) is 0 Å². The minimum Gasteiger partial charge on any atom is -0.486 e. The number of nitrogens with zero attached hydrogens (tertiary/aromatic N) is 2. The van der Waals surface area contributed by atoms with Crippen LogP contribution in [-0.4, -0.2) is 50.6 Å². The standard InChI is InChI=1S/C14H14N2O3.C8H7BrO2.C6H7BrN2O/c1-17-13-8-9(15)7-11(16-13)10-3-2-4-12-14(10)19-6-5-18-12;9-6-2-1-3-7-8(6)11-5-4-10-7;1-10-6-3-4(8)2-5(7)9-6/h2-4,7-8H,5-6H2,1H3,(H2,15,16);1-3H,4-5H2;2-3H,1H3,(H2,8,9). The number of rotatable bonds is 3. The summed E-state index contributed by atoms with van der Waals surface area (Å²) in [7, 11) is 3.11. The van der Waals surface area contributed by atoms with Crippen LogP contribution in [0.3, 0.4) is 0 Å². The second kappa shape index (κ2) is 13.9. The van der Waals surface area contributed by atoms with E-state index in [4.69, 9.17) is 39.9 Å². The summed E-state index contributed by atoms with van der Waals surface area (Å²) in [4.78, 5) is 8.36. The number of methoxy groups -OCH3 is 2. The van der Waals surface area contributed by atoms with Crippen LogP contribution in [0, 0.1) is 0 Å². The van der Waals surface area contributed by atoms with Crippen molar-refractivity contribution < 1.29 is 28.4 Å². The molecule has 0 amide bonds. The predicted molar refractivity (Wildman–Crippen MR) is 160 cm³/mol. The molecule has 2 aromatic carbocycles. The fraction of sp³-hybridized carbons (Fsp3) is 0.214. The van der Waals surface area contributed by atoms with Crippen molar-refractivity contribution in [3.8, 4) is 46.0 Å². The van der Waals surface area contributed by atoms with Gasteiger partial charge in [0, 0.05) is 29.1 Å². The Morgan fingerprint density at radius 3 is 1.85 bits per heavy atom. The van der Waals surface area contributed by atoms with Gasteiger partial charge in [-0.25, -0.2) is 9.97 Å². The normalized spacial score (nSPS) is 12.6. The van der Waals surface area contributed by atoms with Gasteiger partial charge in [0.05, 0.1) is 24.4 Å². The number of nitrogen functional groups attached to an aromatic ring is 2. The van der Waals surface area contributed by atoms with Gasteiger partial charge in [-0.2, -0.15) is 0 Å². The molecule has 210 valence electrons. The maximum Gasteiger partial charge on any atom is 0.216 e. The smallest absolute Gasteiger partial charge is 0.216 e. The number of nitrogens with two attached hydrogens (primary N) is 2. The lowest BCUT2D eigenvalue weighted by atomic mass is 10.1. The van der Waals surface area contributed by atoms with Gasteiger partial charge in [-0.15, -0.1) is 0 Å². The maximum absolute atomic E-state index is 5.86. The quantitative estimate of drug-likeness (QED) is 0.258. The monoisotopic (exact) mass is 674 g/mol. The zero-order valence-electron chi connectivity index (χ0n) is 21.9. The Balaban J connectivity index is 0.000000150. The summed E-state index contributed by atoms with van der Waals surface area (Å²) < 4.78 is 33.6. The molecule has 0 unspecified atom stereocenters. The highest BCUT2D eigenvalue weighted by molar-refractivity contribution is 9.10. The fourth-order valence-electron chi connectivity index (χ4n) is 3.68. The van der Waals surface area contributed by atoms with Crippen molar-refractivity contribution in [3.05, 3.63) is 69.7 Å². The van der Waals surface area contributed by atoms with E-state index in [1.54, 1.807) is 38.5 Å². The summed E-state index contributed by atoms with van der Waals surface area (Å²) in [6, 6.07) is 18.3. The molecule has 6 rings (SSSR count). The van der Waals surface area contributed by atoms with Crippen LogP contribution in [-0.2, 0) is 0 Å². The number of hydrogen-bond acceptors (Lipinski definition) is 10. The lowest BCUT2D eigenvalue weighted by molar-refractivity contribution is 0.170. The second-order valence-corrected chi connectivity index (χ2v) is 9.85. The SMILES string of the molecule is Brc1cccc2c1OCCO2.COc1cc(N)cc(-c2cccc3c2OCCO3)n1.COc1cc(N)cc(Br)n1. The van der Waals surface area contributed by atoms with Gasteiger partial charge < -0.3 is 39.9 Å². The highest BCUT2D eigenvalue weighted by Crippen LogP contribution is 2.40. The molecule has 2 aromatic heterocycles. The molecule has 0 spiro atoms. The van der Waals surface area contributed by atoms with E-state index in [1.807, 2.05) is 36.4 Å². The van der Waals surface area contributed by atoms with E-state index in [1.165, 1.54) is 0 Å². The molecule has 0 atom stereocenters. The van der Waals surface area contributed by atoms with Crippen LogP contribution in [0.1, 0.15) is 0 Å². The minimum absolute atomic E-state index is 0.476. The molecule has 0 fully saturated rings. The molecule has 0 bridgehead atoms. The lowest BCUT2D eigenvalue weighted by Gasteiger charge is -2.20. The summed E-state index contributed by atoms with van der Waals surface area (Å²) in [6.45, 7) is 2.37. The van der Waals surface area contributed by atoms with Gasteiger partial charge >= 0.3 is 0 Å². The van der Waals surface area contributed by atoms with E-state index in [0.717, 1.165) is 27.3 Å². The van der Waals surface area contributed by atoms with Crippen molar-refractivity contribution >= 4 is 43.2 Å². The molecule has 2 aliphatic heterocycles. The van der Waals surface area contributed by atoms with E-state index in [-0.39, 0.29) is 0 Å². The Bertz CT molecular complexity index is 1440. The minimum atomic E-state index is 0.476. The molecule has 10 nitrogen and oxygen atoms in total. The molecule has 2 aliphatic rings. The van der Waals surface area contributed by atoms with Crippen molar-refractivity contribution in [2.45, 2.75) is 0 Å². The summed E-state index contributed by atoms with van der Waals surface area (Å²) in [5, 5.41) is 0. The molecule has 0 saturated carbocycles. The highest BCUT2D eigenvalue weighted by Gasteiger charge is 2.18. The first-order valence-electron chi connectivity index (χ1n) is 12.1. The van der Waals surface area contributed by atoms with Gasteiger partial charge in [0.15, 0.2) is 23.0 Å². The lowest BCUT2D eigenvalue weighted by Crippen LogP contribution is -2.16. The maximum atomic E-state index is 5.86. The van der Waals surface area contributed by atoms with Crippen LogP contribution in [0.25, 0.3) is 11.3 Å². The first-order chi connectivity index (χ1) is 19.4. The summed E-state index contributed by atoms with van der Waals surface area (Å²) in [6.07, 6.45) is 0. The fourth-order valence-corrected chi connectivity index (χ4v) is 4.58. The summed E-state index contributed by atoms with van der Waals surface area (Å²) >= 11 is 6.56. The van der Waals surface area contributed by atoms with Crippen molar-refractivity contribution in [2.24, 2.45) is 0 Å². The first-order valence-corrected chi connectivity index (χ1v) is 13.7. The van der Waals surface area contributed by atoms with Gasteiger partial charge in [-0.1, -0.05) is 12.1 Å². The predicted octanol–water partition coefficient (Wildman–Crippen LogP) is 5.77. The third-order valence-electron chi connectivity index (χ3n) is 5.40. The largest absolute Gasteiger partial charge is 0.486 e. The molecule has 0 radical (unpaired) electrons. The number of pyridine rings is 2. The number of anilines is 2. The van der Waals surface area contributed by atoms with E-state index in [9.17, 15) is 0 Å². The molecule has 4 N–H and O–H groups in total. The van der Waals surface area contributed by atoms with Crippen LogP contribution in [0.5, 0.6) is 34.8 Å². The topological polar surface area (TPSA) is 133 Å². The number of benzene rings is 2. The van der Waals surface area contributed by atoms with E-state index in [0.29, 0.717) is 65.6 Å². The van der Waals surface area contributed by atoms with Crippen LogP contribution in [0.4, 0.5) is 11.4 Å². The second-order valence-electron chi connectivity index (χ2n) is 8.19. The first kappa shape index (κ1) is 29.1.